The number of hydrogen-bond donors (Lipinski definition) is 1. The SMILES string of the molecule is CCNC(=O)C(Cc1ccccc1)N(Cc1ccc(F)cc1)C(=O)CN(c1cccc(F)c1)S(C)(=O)=O. The molecule has 0 heterocycles. The molecule has 0 saturated heterocycles. The van der Waals surface area contributed by atoms with Gasteiger partial charge in [-0.05, 0) is 48.4 Å². The summed E-state index contributed by atoms with van der Waals surface area (Å²) in [5, 5.41) is 2.74. The summed E-state index contributed by atoms with van der Waals surface area (Å²) in [5.74, 6) is -2.21. The Kier molecular flexibility index (Phi) is 9.35. The third-order valence-electron chi connectivity index (χ3n) is 5.66. The van der Waals surface area contributed by atoms with Gasteiger partial charge in [0.1, 0.15) is 24.2 Å². The molecule has 0 fully saturated rings. The number of hydrogen-bond acceptors (Lipinski definition) is 4. The molecule has 0 aliphatic rings. The van der Waals surface area contributed by atoms with Gasteiger partial charge in [-0.3, -0.25) is 13.9 Å². The van der Waals surface area contributed by atoms with Crippen molar-refractivity contribution in [3.63, 3.8) is 0 Å². The van der Waals surface area contributed by atoms with Gasteiger partial charge in [-0.1, -0.05) is 48.5 Å². The Morgan fingerprint density at radius 3 is 2.16 bits per heavy atom. The summed E-state index contributed by atoms with van der Waals surface area (Å²) in [5.41, 5.74) is 1.32. The van der Waals surface area contributed by atoms with Gasteiger partial charge in [0, 0.05) is 19.5 Å². The molecule has 1 atom stereocenters. The monoisotopic (exact) mass is 529 g/mol. The zero-order chi connectivity index (χ0) is 27.0. The molecule has 37 heavy (non-hydrogen) atoms. The standard InChI is InChI=1S/C27H29F2N3O4S/c1-3-30-27(34)25(16-20-8-5-4-6-9-20)31(18-21-12-14-22(28)15-13-21)26(33)19-32(37(2,35)36)24-11-7-10-23(29)17-24/h4-15,17,25H,3,16,18-19H2,1-2H3,(H,30,34). The van der Waals surface area contributed by atoms with Crippen molar-refractivity contribution in [2.75, 3.05) is 23.7 Å². The molecule has 1 unspecified atom stereocenters. The lowest BCUT2D eigenvalue weighted by atomic mass is 10.0. The molecule has 0 aliphatic heterocycles. The molecule has 3 aromatic rings. The summed E-state index contributed by atoms with van der Waals surface area (Å²) >= 11 is 0. The van der Waals surface area contributed by atoms with E-state index in [9.17, 15) is 26.8 Å². The number of amides is 2. The highest BCUT2D eigenvalue weighted by molar-refractivity contribution is 7.92. The van der Waals surface area contributed by atoms with Crippen molar-refractivity contribution in [3.05, 3.63) is 102 Å². The number of anilines is 1. The molecule has 10 heteroatoms. The van der Waals surface area contributed by atoms with Crippen molar-refractivity contribution in [2.24, 2.45) is 0 Å². The average molecular weight is 530 g/mol. The van der Waals surface area contributed by atoms with Crippen LogP contribution in [0, 0.1) is 11.6 Å². The number of benzene rings is 3. The smallest absolute Gasteiger partial charge is 0.244 e. The van der Waals surface area contributed by atoms with Crippen LogP contribution in [0.3, 0.4) is 0 Å². The van der Waals surface area contributed by atoms with Gasteiger partial charge in [0.2, 0.25) is 21.8 Å². The topological polar surface area (TPSA) is 86.8 Å². The Hall–Kier alpha value is -3.79. The molecule has 0 radical (unpaired) electrons. The number of nitrogens with one attached hydrogen (secondary N) is 1. The minimum atomic E-state index is -3.99. The summed E-state index contributed by atoms with van der Waals surface area (Å²) in [7, 11) is -3.99. The average Bonchev–Trinajstić information content (AvgIpc) is 2.85. The van der Waals surface area contributed by atoms with E-state index in [1.165, 1.54) is 41.3 Å². The Balaban J connectivity index is 2.03. The fourth-order valence-corrected chi connectivity index (χ4v) is 4.72. The normalized spacial score (nSPS) is 12.0. The quantitative estimate of drug-likeness (QED) is 0.412. The van der Waals surface area contributed by atoms with Crippen molar-refractivity contribution < 1.29 is 26.8 Å². The first kappa shape index (κ1) is 27.8. The van der Waals surface area contributed by atoms with E-state index in [1.54, 1.807) is 6.92 Å². The molecular weight excluding hydrogens is 500 g/mol. The van der Waals surface area contributed by atoms with E-state index >= 15 is 0 Å². The third kappa shape index (κ3) is 7.85. The molecule has 0 spiro atoms. The number of halogens is 2. The highest BCUT2D eigenvalue weighted by atomic mass is 32.2. The molecule has 196 valence electrons. The number of rotatable bonds is 11. The first-order chi connectivity index (χ1) is 17.6. The van der Waals surface area contributed by atoms with Gasteiger partial charge >= 0.3 is 0 Å². The van der Waals surface area contributed by atoms with E-state index in [1.807, 2.05) is 30.3 Å². The van der Waals surface area contributed by atoms with Crippen LogP contribution in [0.4, 0.5) is 14.5 Å². The van der Waals surface area contributed by atoms with Gasteiger partial charge in [0.05, 0.1) is 11.9 Å². The number of sulfonamides is 1. The lowest BCUT2D eigenvalue weighted by Crippen LogP contribution is -2.53. The molecule has 0 bridgehead atoms. The van der Waals surface area contributed by atoms with E-state index < -0.39 is 46.1 Å². The van der Waals surface area contributed by atoms with Gasteiger partial charge in [0.15, 0.2) is 0 Å². The van der Waals surface area contributed by atoms with Gasteiger partial charge < -0.3 is 10.2 Å². The zero-order valence-electron chi connectivity index (χ0n) is 20.6. The fraction of sp³-hybridized carbons (Fsp3) is 0.259. The van der Waals surface area contributed by atoms with Crippen LogP contribution in [0.15, 0.2) is 78.9 Å². The first-order valence-electron chi connectivity index (χ1n) is 11.7. The predicted molar refractivity (Wildman–Crippen MR) is 138 cm³/mol. The lowest BCUT2D eigenvalue weighted by molar-refractivity contribution is -0.140. The maximum absolute atomic E-state index is 13.9. The van der Waals surface area contributed by atoms with Crippen molar-refractivity contribution in [1.82, 2.24) is 10.2 Å². The molecule has 3 rings (SSSR count). The van der Waals surface area contributed by atoms with E-state index in [4.69, 9.17) is 0 Å². The second kappa shape index (κ2) is 12.4. The molecule has 3 aromatic carbocycles. The van der Waals surface area contributed by atoms with E-state index in [2.05, 4.69) is 5.32 Å². The second-order valence-electron chi connectivity index (χ2n) is 8.50. The van der Waals surface area contributed by atoms with Crippen LogP contribution in [0.2, 0.25) is 0 Å². The van der Waals surface area contributed by atoms with Crippen LogP contribution in [-0.4, -0.2) is 50.5 Å². The van der Waals surface area contributed by atoms with Gasteiger partial charge in [0.25, 0.3) is 0 Å². The summed E-state index contributed by atoms with van der Waals surface area (Å²) in [6.07, 6.45) is 1.08. The first-order valence-corrected chi connectivity index (χ1v) is 13.5. The number of carbonyl (C=O) groups is 2. The predicted octanol–water partition coefficient (Wildman–Crippen LogP) is 3.51. The minimum absolute atomic E-state index is 0.0183. The molecule has 2 amide bonds. The van der Waals surface area contributed by atoms with Crippen LogP contribution in [0.5, 0.6) is 0 Å². The van der Waals surface area contributed by atoms with Crippen molar-refractivity contribution in [2.45, 2.75) is 25.9 Å². The van der Waals surface area contributed by atoms with E-state index in [-0.39, 0.29) is 18.7 Å². The van der Waals surface area contributed by atoms with Gasteiger partial charge in [-0.15, -0.1) is 0 Å². The Morgan fingerprint density at radius 2 is 1.57 bits per heavy atom. The summed E-state index contributed by atoms with van der Waals surface area (Å²) < 4.78 is 53.4. The fourth-order valence-electron chi connectivity index (χ4n) is 3.88. The van der Waals surface area contributed by atoms with E-state index in [0.29, 0.717) is 12.1 Å². The number of carbonyl (C=O) groups excluding carboxylic acids is 2. The Bertz CT molecular complexity index is 1320. The maximum atomic E-state index is 13.9. The minimum Gasteiger partial charge on any atom is -0.355 e. The van der Waals surface area contributed by atoms with Crippen molar-refractivity contribution >= 4 is 27.5 Å². The molecule has 7 nitrogen and oxygen atoms in total. The Labute approximate surface area is 215 Å². The van der Waals surface area contributed by atoms with Crippen LogP contribution in [0.25, 0.3) is 0 Å². The lowest BCUT2D eigenvalue weighted by Gasteiger charge is -2.33. The summed E-state index contributed by atoms with van der Waals surface area (Å²) in [6.45, 7) is 1.34. The second-order valence-corrected chi connectivity index (χ2v) is 10.4. The molecule has 0 aliphatic carbocycles. The Morgan fingerprint density at radius 1 is 0.892 bits per heavy atom. The molecule has 0 aromatic heterocycles. The van der Waals surface area contributed by atoms with Crippen molar-refractivity contribution in [3.8, 4) is 0 Å². The third-order valence-corrected chi connectivity index (χ3v) is 6.80. The van der Waals surface area contributed by atoms with Crippen LogP contribution in [0.1, 0.15) is 18.1 Å². The number of nitrogens with zero attached hydrogens (tertiary/aromatic N) is 2. The molecular formula is C27H29F2N3O4S. The molecule has 0 saturated carbocycles. The molecule has 1 N–H and O–H groups in total. The highest BCUT2D eigenvalue weighted by Crippen LogP contribution is 2.21. The maximum Gasteiger partial charge on any atom is 0.244 e. The van der Waals surface area contributed by atoms with Crippen LogP contribution < -0.4 is 9.62 Å². The summed E-state index contributed by atoms with van der Waals surface area (Å²) in [6, 6.07) is 18.5. The number of likely N-dealkylation sites (N-methyl/N-ethyl adjacent to an activating group) is 1. The zero-order valence-corrected chi connectivity index (χ0v) is 21.4. The highest BCUT2D eigenvalue weighted by Gasteiger charge is 2.32. The summed E-state index contributed by atoms with van der Waals surface area (Å²) in [4.78, 5) is 28.2. The largest absolute Gasteiger partial charge is 0.355 e. The van der Waals surface area contributed by atoms with Crippen molar-refractivity contribution in [1.29, 1.82) is 0 Å². The van der Waals surface area contributed by atoms with Crippen LogP contribution in [-0.2, 0) is 32.6 Å². The van der Waals surface area contributed by atoms with Gasteiger partial charge in [-0.25, -0.2) is 17.2 Å². The van der Waals surface area contributed by atoms with E-state index in [0.717, 1.165) is 28.3 Å². The van der Waals surface area contributed by atoms with Crippen LogP contribution >= 0.6 is 0 Å². The van der Waals surface area contributed by atoms with Gasteiger partial charge in [-0.2, -0.15) is 0 Å².